The summed E-state index contributed by atoms with van der Waals surface area (Å²) in [7, 11) is -3.66. The Morgan fingerprint density at radius 3 is 2.32 bits per heavy atom. The quantitative estimate of drug-likeness (QED) is 0.227. The maximum Gasteiger partial charge on any atom is 0.281 e. The molecule has 2 aromatic rings. The second-order valence-corrected chi connectivity index (χ2v) is 11.2. The van der Waals surface area contributed by atoms with Crippen molar-refractivity contribution >= 4 is 21.4 Å². The third-order valence-corrected chi connectivity index (χ3v) is 8.70. The Balaban J connectivity index is 2.27. The maximum absolute atomic E-state index is 13.3. The molecular formula is C27H42N4O6S. The third kappa shape index (κ3) is 7.95. The van der Waals surface area contributed by atoms with Gasteiger partial charge in [0.25, 0.3) is 5.56 Å². The van der Waals surface area contributed by atoms with Crippen LogP contribution in [0.4, 0.5) is 11.4 Å². The monoisotopic (exact) mass is 550 g/mol. The predicted molar refractivity (Wildman–Crippen MR) is 148 cm³/mol. The van der Waals surface area contributed by atoms with E-state index in [0.29, 0.717) is 35.8 Å². The van der Waals surface area contributed by atoms with Crippen LogP contribution in [-0.2, 0) is 21.3 Å². The van der Waals surface area contributed by atoms with Crippen LogP contribution < -0.4 is 5.56 Å². The molecule has 0 saturated carbocycles. The van der Waals surface area contributed by atoms with Gasteiger partial charge in [-0.1, -0.05) is 40.0 Å². The minimum absolute atomic E-state index is 0.0778. The number of nitrogens with zero attached hydrogens (tertiary/aromatic N) is 4. The topological polar surface area (TPSA) is 134 Å². The number of aromatic hydroxyl groups is 1. The molecule has 0 aliphatic heterocycles. The summed E-state index contributed by atoms with van der Waals surface area (Å²) in [5, 5.41) is 27.6. The zero-order chi connectivity index (χ0) is 28.3. The summed E-state index contributed by atoms with van der Waals surface area (Å²) in [5.41, 5.74) is 0.937. The van der Waals surface area contributed by atoms with Gasteiger partial charge in [0.05, 0.1) is 36.9 Å². The summed E-state index contributed by atoms with van der Waals surface area (Å²) >= 11 is 0. The Kier molecular flexibility index (Phi) is 12.6. The first-order valence-corrected chi connectivity index (χ1v) is 14.7. The molecule has 1 unspecified atom stereocenters. The Hall–Kier alpha value is -2.60. The van der Waals surface area contributed by atoms with Gasteiger partial charge >= 0.3 is 0 Å². The van der Waals surface area contributed by atoms with Gasteiger partial charge in [0.2, 0.25) is 10.0 Å². The first-order chi connectivity index (χ1) is 18.1. The first-order valence-electron chi connectivity index (χ1n) is 13.3. The number of azo groups is 1. The Morgan fingerprint density at radius 1 is 1.05 bits per heavy atom. The highest BCUT2D eigenvalue weighted by atomic mass is 32.2. The molecule has 1 atom stereocenters. The Bertz CT molecular complexity index is 1230. The minimum Gasteiger partial charge on any atom is -0.494 e. The van der Waals surface area contributed by atoms with Crippen molar-refractivity contribution in [3.63, 3.8) is 0 Å². The fourth-order valence-electron chi connectivity index (χ4n) is 4.12. The lowest BCUT2D eigenvalue weighted by atomic mass is 9.99. The molecule has 0 saturated heterocycles. The van der Waals surface area contributed by atoms with E-state index in [1.165, 1.54) is 16.4 Å². The molecule has 0 fully saturated rings. The molecule has 212 valence electrons. The van der Waals surface area contributed by atoms with Crippen molar-refractivity contribution in [1.82, 2.24) is 8.87 Å². The standard InChI is InChI=1S/C27H42N4O6S/c1-6-9-10-22(7-2)19-30(8-3)38(35,36)24-13-11-23(12-14-24)28-29-25-20(4)21(5)26(33)31(27(25)34)15-17-37-18-16-32/h11-14,22,32-33H,6-10,15-19H2,1-5H3. The van der Waals surface area contributed by atoms with Crippen molar-refractivity contribution in [3.05, 3.63) is 45.7 Å². The van der Waals surface area contributed by atoms with E-state index in [2.05, 4.69) is 24.1 Å². The van der Waals surface area contributed by atoms with Gasteiger partial charge in [-0.2, -0.15) is 9.42 Å². The van der Waals surface area contributed by atoms with Crippen LogP contribution >= 0.6 is 0 Å². The molecule has 11 heteroatoms. The number of aliphatic hydroxyl groups is 1. The van der Waals surface area contributed by atoms with Gasteiger partial charge in [-0.05, 0) is 56.0 Å². The molecule has 2 rings (SSSR count). The smallest absolute Gasteiger partial charge is 0.281 e. The van der Waals surface area contributed by atoms with Crippen LogP contribution in [0, 0.1) is 19.8 Å². The highest BCUT2D eigenvalue weighted by Gasteiger charge is 2.25. The number of aromatic nitrogens is 1. The lowest BCUT2D eigenvalue weighted by molar-refractivity contribution is 0.0853. The van der Waals surface area contributed by atoms with Gasteiger partial charge in [0.1, 0.15) is 0 Å². The summed E-state index contributed by atoms with van der Waals surface area (Å²) < 4.78 is 34.5. The third-order valence-electron chi connectivity index (χ3n) is 6.75. The number of hydrogen-bond acceptors (Lipinski definition) is 8. The number of ether oxygens (including phenoxy) is 1. The van der Waals surface area contributed by atoms with E-state index in [-0.39, 0.29) is 42.8 Å². The molecule has 0 bridgehead atoms. The number of sulfonamides is 1. The number of unbranched alkanes of at least 4 members (excludes halogenated alkanes) is 1. The van der Waals surface area contributed by atoms with E-state index in [4.69, 9.17) is 9.84 Å². The SMILES string of the molecule is CCCCC(CC)CN(CC)S(=O)(=O)c1ccc(N=Nc2c(C)c(C)c(O)n(CCOCCO)c2=O)cc1. The highest BCUT2D eigenvalue weighted by Crippen LogP contribution is 2.28. The van der Waals surface area contributed by atoms with Gasteiger partial charge in [0.15, 0.2) is 11.6 Å². The molecule has 1 heterocycles. The van der Waals surface area contributed by atoms with Crippen molar-refractivity contribution in [2.75, 3.05) is 32.9 Å². The van der Waals surface area contributed by atoms with Crippen molar-refractivity contribution in [2.45, 2.75) is 71.7 Å². The van der Waals surface area contributed by atoms with Crippen molar-refractivity contribution in [3.8, 4) is 5.88 Å². The second kappa shape index (κ2) is 15.1. The summed E-state index contributed by atoms with van der Waals surface area (Å²) in [5.74, 6) is 0.147. The Labute approximate surface area is 226 Å². The summed E-state index contributed by atoms with van der Waals surface area (Å²) in [6, 6.07) is 6.13. The molecule has 1 aromatic heterocycles. The van der Waals surface area contributed by atoms with Gasteiger partial charge in [-0.15, -0.1) is 5.11 Å². The van der Waals surface area contributed by atoms with E-state index < -0.39 is 15.6 Å². The van der Waals surface area contributed by atoms with Crippen LogP contribution in [0.25, 0.3) is 0 Å². The van der Waals surface area contributed by atoms with Crippen LogP contribution in [0.2, 0.25) is 0 Å². The largest absolute Gasteiger partial charge is 0.494 e. The molecule has 2 N–H and O–H groups in total. The zero-order valence-corrected chi connectivity index (χ0v) is 24.0. The fourth-order valence-corrected chi connectivity index (χ4v) is 5.65. The number of benzene rings is 1. The molecule has 38 heavy (non-hydrogen) atoms. The van der Waals surface area contributed by atoms with Crippen molar-refractivity contribution in [1.29, 1.82) is 0 Å². The van der Waals surface area contributed by atoms with Crippen molar-refractivity contribution in [2.24, 2.45) is 16.1 Å². The van der Waals surface area contributed by atoms with E-state index >= 15 is 0 Å². The van der Waals surface area contributed by atoms with Crippen LogP contribution in [0.15, 0.2) is 44.2 Å². The van der Waals surface area contributed by atoms with Crippen LogP contribution in [0.3, 0.4) is 0 Å². The van der Waals surface area contributed by atoms with Gasteiger partial charge in [-0.25, -0.2) is 8.42 Å². The number of aliphatic hydroxyl groups excluding tert-OH is 1. The average Bonchev–Trinajstić information content (AvgIpc) is 2.91. The van der Waals surface area contributed by atoms with E-state index in [1.54, 1.807) is 26.0 Å². The molecular weight excluding hydrogens is 508 g/mol. The summed E-state index contributed by atoms with van der Waals surface area (Å²) in [6.07, 6.45) is 4.10. The van der Waals surface area contributed by atoms with Crippen LogP contribution in [-0.4, -0.2) is 60.4 Å². The zero-order valence-electron chi connectivity index (χ0n) is 23.2. The number of pyridine rings is 1. The Morgan fingerprint density at radius 2 is 1.74 bits per heavy atom. The lowest BCUT2D eigenvalue weighted by Crippen LogP contribution is -2.35. The molecule has 10 nitrogen and oxygen atoms in total. The number of rotatable bonds is 16. The fraction of sp³-hybridized carbons (Fsp3) is 0.593. The summed E-state index contributed by atoms with van der Waals surface area (Å²) in [6.45, 7) is 10.5. The van der Waals surface area contributed by atoms with Gasteiger partial charge in [0, 0.05) is 18.7 Å². The summed E-state index contributed by atoms with van der Waals surface area (Å²) in [4.78, 5) is 13.2. The highest BCUT2D eigenvalue weighted by molar-refractivity contribution is 7.89. The first kappa shape index (κ1) is 31.6. The van der Waals surface area contributed by atoms with E-state index in [9.17, 15) is 18.3 Å². The maximum atomic E-state index is 13.3. The lowest BCUT2D eigenvalue weighted by Gasteiger charge is -2.25. The van der Waals surface area contributed by atoms with Gasteiger partial charge < -0.3 is 14.9 Å². The van der Waals surface area contributed by atoms with Crippen molar-refractivity contribution < 1.29 is 23.4 Å². The molecule has 0 aliphatic carbocycles. The molecule has 1 aromatic carbocycles. The van der Waals surface area contributed by atoms with Crippen LogP contribution in [0.1, 0.15) is 57.6 Å². The minimum atomic E-state index is -3.66. The molecule has 0 amide bonds. The normalized spacial score (nSPS) is 13.0. The van der Waals surface area contributed by atoms with E-state index in [1.807, 2.05) is 6.92 Å². The molecule has 0 spiro atoms. The van der Waals surface area contributed by atoms with E-state index in [0.717, 1.165) is 30.3 Å². The molecule has 0 radical (unpaired) electrons. The van der Waals surface area contributed by atoms with Gasteiger partial charge in [-0.3, -0.25) is 9.36 Å². The predicted octanol–water partition coefficient (Wildman–Crippen LogP) is 4.82. The average molecular weight is 551 g/mol. The number of hydrogen-bond donors (Lipinski definition) is 2. The molecule has 0 aliphatic rings. The van der Waals surface area contributed by atoms with Crippen LogP contribution in [0.5, 0.6) is 5.88 Å². The second-order valence-electron chi connectivity index (χ2n) is 9.28.